The number of halogens is 5. The number of aromatic hydroxyl groups is 1. The number of hydrogen-bond donors (Lipinski definition) is 3. The Morgan fingerprint density at radius 3 is 2.31 bits per heavy atom. The molecular weight excluding hydrogens is 764 g/mol. The molecule has 1 saturated carbocycles. The van der Waals surface area contributed by atoms with Gasteiger partial charge in [0, 0.05) is 22.7 Å². The topological polar surface area (TPSA) is 157 Å². The number of hydrogen-bond acceptors (Lipinski definition) is 8. The second-order valence-corrected chi connectivity index (χ2v) is 14.7. The van der Waals surface area contributed by atoms with Crippen LogP contribution in [0.15, 0.2) is 96.7 Å². The van der Waals surface area contributed by atoms with Gasteiger partial charge in [0.05, 0.1) is 45.0 Å². The maximum atomic E-state index is 15.2. The SMILES string of the molecule is O=C(O)c1cccc(N2C(=O)C3CC=C4C(CC5C(=O)N(Nc6ncc(C(F)(F)F)cc6Cl)C(=O)C5(c5ccc(Cl)cc5)C4c4ccccc4O)C3C2=O)c1. The number of benzene rings is 3. The van der Waals surface area contributed by atoms with Gasteiger partial charge >= 0.3 is 12.1 Å². The minimum atomic E-state index is -4.78. The molecule has 6 atom stereocenters. The van der Waals surface area contributed by atoms with E-state index in [-0.39, 0.29) is 35.4 Å². The zero-order valence-corrected chi connectivity index (χ0v) is 29.6. The van der Waals surface area contributed by atoms with Gasteiger partial charge in [0.2, 0.25) is 11.8 Å². The fraction of sp³-hybridized carbons (Fsp3) is 0.231. The molecule has 11 nitrogen and oxygen atoms in total. The van der Waals surface area contributed by atoms with E-state index in [2.05, 4.69) is 10.4 Å². The van der Waals surface area contributed by atoms with Gasteiger partial charge in [-0.2, -0.15) is 18.2 Å². The molecule has 0 radical (unpaired) electrons. The van der Waals surface area contributed by atoms with E-state index in [9.17, 15) is 42.6 Å². The molecule has 3 aromatic carbocycles. The van der Waals surface area contributed by atoms with Crippen molar-refractivity contribution in [3.63, 3.8) is 0 Å². The zero-order chi connectivity index (χ0) is 39.1. The van der Waals surface area contributed by atoms with E-state index in [1.54, 1.807) is 36.4 Å². The Balaban J connectivity index is 1.30. The molecule has 2 aliphatic heterocycles. The number of imide groups is 2. The standard InChI is InChI=1S/C39H27Cl2F3N4O7/c40-21-10-8-19(9-11-21)38-27(34(51)48(37(38)55)46-32-28(41)15-20(17-45-32)39(42,43)44)16-26-23(31(38)24-6-1-2-7-29(24)49)12-13-25-30(26)35(52)47(33(25)50)22-5-3-4-18(14-22)36(53)54/h1-12,14-15,17,25-27,30-31,49H,13,16H2,(H,45,46)(H,53,54). The van der Waals surface area contributed by atoms with Gasteiger partial charge in [0.1, 0.15) is 5.75 Å². The van der Waals surface area contributed by atoms with Crippen LogP contribution in [-0.4, -0.2) is 49.8 Å². The molecule has 3 N–H and O–H groups in total. The molecule has 2 aliphatic carbocycles. The van der Waals surface area contributed by atoms with Gasteiger partial charge in [0.25, 0.3) is 11.8 Å². The molecule has 4 aromatic rings. The van der Waals surface area contributed by atoms with Crippen LogP contribution < -0.4 is 10.3 Å². The molecule has 16 heteroatoms. The molecule has 6 unspecified atom stereocenters. The van der Waals surface area contributed by atoms with Crippen molar-refractivity contribution in [2.45, 2.75) is 30.4 Å². The molecule has 1 aromatic heterocycles. The lowest BCUT2D eigenvalue weighted by molar-refractivity contribution is -0.139. The third-order valence-corrected chi connectivity index (χ3v) is 11.7. The Bertz CT molecular complexity index is 2370. The number of pyridine rings is 1. The van der Waals surface area contributed by atoms with Gasteiger partial charge in [-0.1, -0.05) is 71.2 Å². The molecule has 0 bridgehead atoms. The van der Waals surface area contributed by atoms with Crippen molar-refractivity contribution in [3.8, 4) is 5.75 Å². The summed E-state index contributed by atoms with van der Waals surface area (Å²) in [5.41, 5.74) is 0.594. The highest BCUT2D eigenvalue weighted by Crippen LogP contribution is 2.65. The van der Waals surface area contributed by atoms with E-state index in [0.29, 0.717) is 33.4 Å². The number of allylic oxidation sites excluding steroid dienone is 2. The van der Waals surface area contributed by atoms with Gasteiger partial charge < -0.3 is 10.2 Å². The Morgan fingerprint density at radius 2 is 1.64 bits per heavy atom. The van der Waals surface area contributed by atoms with Crippen LogP contribution in [0.1, 0.15) is 45.8 Å². The van der Waals surface area contributed by atoms with Crippen LogP contribution in [0.25, 0.3) is 0 Å². The highest BCUT2D eigenvalue weighted by molar-refractivity contribution is 6.33. The first-order chi connectivity index (χ1) is 26.1. The number of rotatable bonds is 6. The summed E-state index contributed by atoms with van der Waals surface area (Å²) in [6.07, 6.45) is -2.59. The fourth-order valence-electron chi connectivity index (χ4n) is 8.89. The van der Waals surface area contributed by atoms with E-state index in [1.165, 1.54) is 42.5 Å². The predicted octanol–water partition coefficient (Wildman–Crippen LogP) is 7.00. The summed E-state index contributed by atoms with van der Waals surface area (Å²) < 4.78 is 40.3. The van der Waals surface area contributed by atoms with E-state index in [4.69, 9.17) is 23.2 Å². The molecular formula is C39H27Cl2F3N4O7. The van der Waals surface area contributed by atoms with E-state index in [0.717, 1.165) is 4.90 Å². The van der Waals surface area contributed by atoms with E-state index < -0.39 is 87.2 Å². The first-order valence-electron chi connectivity index (χ1n) is 17.0. The van der Waals surface area contributed by atoms with Crippen LogP contribution in [0.5, 0.6) is 5.75 Å². The number of phenolic OH excluding ortho intramolecular Hbond substituents is 1. The van der Waals surface area contributed by atoms with Crippen LogP contribution in [0.3, 0.4) is 0 Å². The van der Waals surface area contributed by atoms with Crippen molar-refractivity contribution >= 4 is 64.3 Å². The first kappa shape index (κ1) is 36.3. The number of nitrogens with one attached hydrogen (secondary N) is 1. The predicted molar refractivity (Wildman–Crippen MR) is 191 cm³/mol. The number of aromatic nitrogens is 1. The summed E-state index contributed by atoms with van der Waals surface area (Å²) in [6.45, 7) is 0. The second kappa shape index (κ2) is 12.9. The van der Waals surface area contributed by atoms with Crippen LogP contribution >= 0.6 is 23.2 Å². The van der Waals surface area contributed by atoms with Crippen LogP contribution in [-0.2, 0) is 30.8 Å². The van der Waals surface area contributed by atoms with E-state index >= 15 is 4.79 Å². The Kier molecular flexibility index (Phi) is 8.54. The number of carboxylic acids is 1. The lowest BCUT2D eigenvalue weighted by atomic mass is 9.49. The third kappa shape index (κ3) is 5.48. The van der Waals surface area contributed by atoms with Gasteiger partial charge in [-0.25, -0.2) is 9.78 Å². The van der Waals surface area contributed by atoms with Gasteiger partial charge in [0.15, 0.2) is 5.82 Å². The maximum absolute atomic E-state index is 15.2. The van der Waals surface area contributed by atoms with Crippen molar-refractivity contribution in [1.29, 1.82) is 0 Å². The lowest BCUT2D eigenvalue weighted by Crippen LogP contribution is -2.53. The highest BCUT2D eigenvalue weighted by atomic mass is 35.5. The number of phenols is 1. The number of nitrogens with zero attached hydrogens (tertiary/aromatic N) is 3. The molecule has 55 heavy (non-hydrogen) atoms. The van der Waals surface area contributed by atoms with Gasteiger partial charge in [-0.05, 0) is 66.8 Å². The molecule has 2 saturated heterocycles. The smallest absolute Gasteiger partial charge is 0.417 e. The number of alkyl halides is 3. The Hall–Kier alpha value is -5.73. The van der Waals surface area contributed by atoms with Crippen molar-refractivity contribution in [1.82, 2.24) is 9.99 Å². The monoisotopic (exact) mass is 790 g/mol. The number of fused-ring (bicyclic) bond motifs is 4. The maximum Gasteiger partial charge on any atom is 0.417 e. The number of anilines is 2. The summed E-state index contributed by atoms with van der Waals surface area (Å²) in [6, 6.07) is 18.5. The number of amides is 4. The molecule has 8 rings (SSSR count). The largest absolute Gasteiger partial charge is 0.508 e. The third-order valence-electron chi connectivity index (χ3n) is 11.2. The van der Waals surface area contributed by atoms with Gasteiger partial charge in [-0.15, -0.1) is 0 Å². The van der Waals surface area contributed by atoms with Crippen LogP contribution in [0.2, 0.25) is 10.0 Å². The summed E-state index contributed by atoms with van der Waals surface area (Å²) in [5, 5.41) is 21.5. The zero-order valence-electron chi connectivity index (χ0n) is 28.1. The average Bonchev–Trinajstić information content (AvgIpc) is 3.53. The lowest BCUT2D eigenvalue weighted by Gasteiger charge is -2.50. The number of carbonyl (C=O) groups is 5. The summed E-state index contributed by atoms with van der Waals surface area (Å²) in [4.78, 5) is 74.9. The minimum absolute atomic E-state index is 0.0524. The van der Waals surface area contributed by atoms with Crippen LogP contribution in [0.4, 0.5) is 24.7 Å². The second-order valence-electron chi connectivity index (χ2n) is 13.8. The fourth-order valence-corrected chi connectivity index (χ4v) is 9.23. The highest BCUT2D eigenvalue weighted by Gasteiger charge is 2.70. The molecule has 4 aliphatic rings. The van der Waals surface area contributed by atoms with Crippen molar-refractivity contribution in [3.05, 3.63) is 129 Å². The van der Waals surface area contributed by atoms with Crippen molar-refractivity contribution in [2.75, 3.05) is 10.3 Å². The number of carbonyl (C=O) groups excluding carboxylic acids is 4. The number of carboxylic acid groups (broad SMARTS) is 1. The van der Waals surface area contributed by atoms with Crippen molar-refractivity contribution in [2.24, 2.45) is 23.7 Å². The molecule has 3 heterocycles. The summed E-state index contributed by atoms with van der Waals surface area (Å²) >= 11 is 12.5. The number of aromatic carboxylic acids is 1. The minimum Gasteiger partial charge on any atom is -0.508 e. The average molecular weight is 792 g/mol. The molecule has 3 fully saturated rings. The summed E-state index contributed by atoms with van der Waals surface area (Å²) in [5.74, 6) is -9.86. The molecule has 0 spiro atoms. The Labute approximate surface area is 319 Å². The summed E-state index contributed by atoms with van der Waals surface area (Å²) in [7, 11) is 0. The van der Waals surface area contributed by atoms with Gasteiger partial charge in [-0.3, -0.25) is 29.5 Å². The first-order valence-corrected chi connectivity index (χ1v) is 17.7. The van der Waals surface area contributed by atoms with Crippen LogP contribution in [0, 0.1) is 23.7 Å². The number of para-hydroxylation sites is 1. The van der Waals surface area contributed by atoms with E-state index in [1.807, 2.05) is 0 Å². The molecule has 4 amide bonds. The molecule has 280 valence electrons. The normalized spacial score (nSPS) is 26.1. The Morgan fingerprint density at radius 1 is 0.909 bits per heavy atom. The number of hydrazine groups is 1. The quantitative estimate of drug-likeness (QED) is 0.138. The van der Waals surface area contributed by atoms with Crippen molar-refractivity contribution < 1.29 is 47.4 Å².